The van der Waals surface area contributed by atoms with Gasteiger partial charge in [-0.15, -0.1) is 0 Å². The number of nitrogens with one attached hydrogen (secondary N) is 1. The number of anilines is 1. The maximum atomic E-state index is 12.8. The van der Waals surface area contributed by atoms with E-state index in [0.29, 0.717) is 11.2 Å². The molecule has 2 aromatic carbocycles. The standard InChI is InChI=1S/C18H18N2O6S/c1-11-5-4-6-12(2)17(11)19-27(23,24)13-7-8-14-15(9-13)26-18(22)20(14)10-16(21)25-3/h4-9,19H,10H2,1-3H3. The van der Waals surface area contributed by atoms with Gasteiger partial charge in [0.2, 0.25) is 0 Å². The molecular weight excluding hydrogens is 372 g/mol. The normalized spacial score (nSPS) is 11.5. The number of carbonyl (C=O) groups is 1. The van der Waals surface area contributed by atoms with Gasteiger partial charge < -0.3 is 9.15 Å². The van der Waals surface area contributed by atoms with Crippen molar-refractivity contribution in [1.82, 2.24) is 4.57 Å². The van der Waals surface area contributed by atoms with Crippen LogP contribution in [-0.4, -0.2) is 26.1 Å². The number of aromatic nitrogens is 1. The van der Waals surface area contributed by atoms with Crippen molar-refractivity contribution in [2.45, 2.75) is 25.3 Å². The van der Waals surface area contributed by atoms with E-state index in [0.717, 1.165) is 15.7 Å². The number of methoxy groups -OCH3 is 1. The molecule has 0 atom stereocenters. The number of esters is 1. The third-order valence-electron chi connectivity index (χ3n) is 4.18. The Kier molecular flexibility index (Phi) is 4.79. The second-order valence-corrected chi connectivity index (χ2v) is 7.71. The Morgan fingerprint density at radius 1 is 1.19 bits per heavy atom. The fourth-order valence-electron chi connectivity index (χ4n) is 2.73. The lowest BCUT2D eigenvalue weighted by atomic mass is 10.1. The number of benzene rings is 2. The third kappa shape index (κ3) is 3.59. The van der Waals surface area contributed by atoms with Gasteiger partial charge in [0.25, 0.3) is 10.0 Å². The number of nitrogens with zero attached hydrogens (tertiary/aromatic N) is 1. The molecule has 0 aliphatic heterocycles. The van der Waals surface area contributed by atoms with E-state index in [2.05, 4.69) is 9.46 Å². The van der Waals surface area contributed by atoms with Gasteiger partial charge in [0, 0.05) is 6.07 Å². The van der Waals surface area contributed by atoms with Crippen LogP contribution in [-0.2, 0) is 26.1 Å². The quantitative estimate of drug-likeness (QED) is 0.669. The van der Waals surface area contributed by atoms with E-state index in [9.17, 15) is 18.0 Å². The fraction of sp³-hybridized carbons (Fsp3) is 0.222. The number of hydrogen-bond acceptors (Lipinski definition) is 6. The summed E-state index contributed by atoms with van der Waals surface area (Å²) in [7, 11) is -2.69. The van der Waals surface area contributed by atoms with Crippen molar-refractivity contribution in [2.24, 2.45) is 0 Å². The Labute approximate surface area is 155 Å². The van der Waals surface area contributed by atoms with Crippen molar-refractivity contribution in [3.05, 3.63) is 58.1 Å². The fourth-order valence-corrected chi connectivity index (χ4v) is 3.94. The van der Waals surface area contributed by atoms with Crippen LogP contribution in [0, 0.1) is 13.8 Å². The highest BCUT2D eigenvalue weighted by atomic mass is 32.2. The van der Waals surface area contributed by atoms with Crippen molar-refractivity contribution in [1.29, 1.82) is 0 Å². The minimum absolute atomic E-state index is 0.0587. The lowest BCUT2D eigenvalue weighted by Gasteiger charge is -2.13. The SMILES string of the molecule is COC(=O)Cn1c(=O)oc2cc(S(=O)(=O)Nc3c(C)cccc3C)ccc21. The molecule has 1 N–H and O–H groups in total. The first-order chi connectivity index (χ1) is 12.7. The number of fused-ring (bicyclic) bond motifs is 1. The molecule has 0 amide bonds. The smallest absolute Gasteiger partial charge is 0.420 e. The number of rotatable bonds is 5. The average Bonchev–Trinajstić information content (AvgIpc) is 2.93. The Morgan fingerprint density at radius 3 is 2.48 bits per heavy atom. The van der Waals surface area contributed by atoms with E-state index < -0.39 is 21.7 Å². The summed E-state index contributed by atoms with van der Waals surface area (Å²) in [4.78, 5) is 23.3. The summed E-state index contributed by atoms with van der Waals surface area (Å²) in [6.45, 7) is 3.29. The molecule has 0 fully saturated rings. The van der Waals surface area contributed by atoms with Crippen molar-refractivity contribution in [3.63, 3.8) is 0 Å². The van der Waals surface area contributed by atoms with Gasteiger partial charge >= 0.3 is 11.7 Å². The topological polar surface area (TPSA) is 108 Å². The van der Waals surface area contributed by atoms with E-state index in [-0.39, 0.29) is 17.0 Å². The van der Waals surface area contributed by atoms with Gasteiger partial charge in [-0.1, -0.05) is 18.2 Å². The van der Waals surface area contributed by atoms with Crippen LogP contribution < -0.4 is 10.5 Å². The molecule has 0 radical (unpaired) electrons. The number of hydrogen-bond donors (Lipinski definition) is 1. The van der Waals surface area contributed by atoms with Gasteiger partial charge in [-0.2, -0.15) is 0 Å². The number of para-hydroxylation sites is 1. The van der Waals surface area contributed by atoms with Gasteiger partial charge in [-0.3, -0.25) is 14.1 Å². The van der Waals surface area contributed by atoms with E-state index in [4.69, 9.17) is 4.42 Å². The van der Waals surface area contributed by atoms with Gasteiger partial charge in [0.15, 0.2) is 5.58 Å². The molecule has 9 heteroatoms. The van der Waals surface area contributed by atoms with Gasteiger partial charge in [-0.25, -0.2) is 13.2 Å². The van der Waals surface area contributed by atoms with Crippen LogP contribution in [0.1, 0.15) is 11.1 Å². The van der Waals surface area contributed by atoms with Crippen LogP contribution in [0.2, 0.25) is 0 Å². The summed E-state index contributed by atoms with van der Waals surface area (Å²) in [6.07, 6.45) is 0. The number of ether oxygens (including phenoxy) is 1. The molecule has 1 aromatic heterocycles. The summed E-state index contributed by atoms with van der Waals surface area (Å²) in [6, 6.07) is 9.47. The Morgan fingerprint density at radius 2 is 1.85 bits per heavy atom. The first kappa shape index (κ1) is 18.7. The first-order valence-electron chi connectivity index (χ1n) is 8.02. The lowest BCUT2D eigenvalue weighted by Crippen LogP contribution is -2.20. The van der Waals surface area contributed by atoms with Crippen LogP contribution >= 0.6 is 0 Å². The predicted molar refractivity (Wildman–Crippen MR) is 99.2 cm³/mol. The van der Waals surface area contributed by atoms with E-state index in [1.54, 1.807) is 26.0 Å². The third-order valence-corrected chi connectivity index (χ3v) is 5.53. The van der Waals surface area contributed by atoms with Crippen LogP contribution in [0.3, 0.4) is 0 Å². The lowest BCUT2D eigenvalue weighted by molar-refractivity contribution is -0.141. The molecule has 3 rings (SSSR count). The maximum absolute atomic E-state index is 12.8. The van der Waals surface area contributed by atoms with Gasteiger partial charge in [0.05, 0.1) is 23.2 Å². The van der Waals surface area contributed by atoms with E-state index >= 15 is 0 Å². The van der Waals surface area contributed by atoms with Crippen LogP contribution in [0.4, 0.5) is 5.69 Å². The number of sulfonamides is 1. The van der Waals surface area contributed by atoms with Crippen LogP contribution in [0.25, 0.3) is 11.1 Å². The average molecular weight is 390 g/mol. The monoisotopic (exact) mass is 390 g/mol. The van der Waals surface area contributed by atoms with E-state index in [1.165, 1.54) is 25.3 Å². The zero-order chi connectivity index (χ0) is 19.8. The number of aryl methyl sites for hydroxylation is 2. The van der Waals surface area contributed by atoms with Crippen LogP contribution in [0.5, 0.6) is 0 Å². The molecule has 3 aromatic rings. The van der Waals surface area contributed by atoms with Gasteiger partial charge in [-0.05, 0) is 37.1 Å². The molecule has 0 aliphatic rings. The molecule has 0 unspecified atom stereocenters. The molecule has 0 spiro atoms. The number of oxazole rings is 1. The second-order valence-electron chi connectivity index (χ2n) is 6.03. The molecular formula is C18H18N2O6S. The molecule has 8 nitrogen and oxygen atoms in total. The molecule has 0 bridgehead atoms. The Bertz CT molecular complexity index is 1170. The van der Waals surface area contributed by atoms with Crippen molar-refractivity contribution >= 4 is 32.8 Å². The Hall–Kier alpha value is -3.07. The molecule has 0 saturated carbocycles. The number of carbonyl (C=O) groups excluding carboxylic acids is 1. The van der Waals surface area contributed by atoms with Crippen LogP contribution in [0.15, 0.2) is 50.5 Å². The zero-order valence-electron chi connectivity index (χ0n) is 15.0. The van der Waals surface area contributed by atoms with Gasteiger partial charge in [0.1, 0.15) is 6.54 Å². The largest absolute Gasteiger partial charge is 0.468 e. The first-order valence-corrected chi connectivity index (χ1v) is 9.50. The zero-order valence-corrected chi connectivity index (χ0v) is 15.8. The molecule has 0 aliphatic carbocycles. The highest BCUT2D eigenvalue weighted by Gasteiger charge is 2.20. The Balaban J connectivity index is 2.02. The molecule has 1 heterocycles. The minimum atomic E-state index is -3.89. The highest BCUT2D eigenvalue weighted by molar-refractivity contribution is 7.92. The summed E-state index contributed by atoms with van der Waals surface area (Å²) < 4.78 is 38.8. The summed E-state index contributed by atoms with van der Waals surface area (Å²) >= 11 is 0. The molecule has 27 heavy (non-hydrogen) atoms. The molecule has 0 saturated heterocycles. The summed E-state index contributed by atoms with van der Waals surface area (Å²) in [5, 5.41) is 0. The summed E-state index contributed by atoms with van der Waals surface area (Å²) in [5.41, 5.74) is 2.44. The van der Waals surface area contributed by atoms with Crippen molar-refractivity contribution in [3.8, 4) is 0 Å². The predicted octanol–water partition coefficient (Wildman–Crippen LogP) is 2.19. The molecule has 142 valence electrons. The minimum Gasteiger partial charge on any atom is -0.468 e. The van der Waals surface area contributed by atoms with Crippen molar-refractivity contribution < 1.29 is 22.4 Å². The highest BCUT2D eigenvalue weighted by Crippen LogP contribution is 2.25. The van der Waals surface area contributed by atoms with E-state index in [1.807, 2.05) is 6.07 Å². The van der Waals surface area contributed by atoms with Crippen molar-refractivity contribution in [2.75, 3.05) is 11.8 Å². The maximum Gasteiger partial charge on any atom is 0.420 e. The second kappa shape index (κ2) is 6.92. The summed E-state index contributed by atoms with van der Waals surface area (Å²) in [5.74, 6) is -1.39.